The van der Waals surface area contributed by atoms with Gasteiger partial charge in [0.05, 0.1) is 5.02 Å². The Bertz CT molecular complexity index is 220. The molecule has 0 aliphatic heterocycles. The van der Waals surface area contributed by atoms with E-state index in [0.717, 1.165) is 5.56 Å². The summed E-state index contributed by atoms with van der Waals surface area (Å²) >= 11 is 5.47. The number of halogens is 1. The SMILES string of the molecule is Cc1ccc(Cl)c([O])c1. The Kier molecular flexibility index (Phi) is 1.63. The van der Waals surface area contributed by atoms with Crippen LogP contribution in [0.3, 0.4) is 0 Å². The first-order chi connectivity index (χ1) is 4.20. The normalized spacial score (nSPS) is 9.56. The highest BCUT2D eigenvalue weighted by molar-refractivity contribution is 6.31. The number of hydrogen-bond acceptors (Lipinski definition) is 0. The summed E-state index contributed by atoms with van der Waals surface area (Å²) in [6.45, 7) is 1.86. The summed E-state index contributed by atoms with van der Waals surface area (Å²) in [7, 11) is 0. The number of rotatable bonds is 0. The van der Waals surface area contributed by atoms with E-state index in [-0.39, 0.29) is 5.75 Å². The molecule has 0 saturated carbocycles. The number of aryl methyl sites for hydroxylation is 1. The average Bonchev–Trinajstić information content (AvgIpc) is 1.80. The predicted molar refractivity (Wildman–Crippen MR) is 36.3 cm³/mol. The molecule has 0 fully saturated rings. The molecule has 47 valence electrons. The van der Waals surface area contributed by atoms with E-state index in [9.17, 15) is 5.11 Å². The van der Waals surface area contributed by atoms with Gasteiger partial charge in [0.15, 0.2) is 5.75 Å². The first kappa shape index (κ1) is 6.43. The first-order valence-electron chi connectivity index (χ1n) is 2.63. The van der Waals surface area contributed by atoms with Gasteiger partial charge in [-0.25, -0.2) is 0 Å². The minimum atomic E-state index is -0.100. The second-order valence-electron chi connectivity index (χ2n) is 1.93. The second-order valence-corrected chi connectivity index (χ2v) is 2.34. The second kappa shape index (κ2) is 2.28. The maximum Gasteiger partial charge on any atom is 0.197 e. The molecule has 0 aromatic heterocycles. The molecular weight excluding hydrogens is 136 g/mol. The largest absolute Gasteiger partial charge is 0.288 e. The molecule has 9 heavy (non-hydrogen) atoms. The zero-order valence-electron chi connectivity index (χ0n) is 5.02. The fourth-order valence-electron chi connectivity index (χ4n) is 0.611. The molecule has 0 heterocycles. The zero-order valence-corrected chi connectivity index (χ0v) is 5.77. The van der Waals surface area contributed by atoms with E-state index < -0.39 is 0 Å². The third kappa shape index (κ3) is 1.36. The zero-order chi connectivity index (χ0) is 6.85. The van der Waals surface area contributed by atoms with Crippen LogP contribution in [0.15, 0.2) is 18.2 Å². The van der Waals surface area contributed by atoms with Crippen LogP contribution in [-0.2, 0) is 5.11 Å². The van der Waals surface area contributed by atoms with Gasteiger partial charge >= 0.3 is 0 Å². The molecule has 0 N–H and O–H groups in total. The molecule has 0 aliphatic rings. The molecule has 0 amide bonds. The lowest BCUT2D eigenvalue weighted by atomic mass is 10.2. The molecule has 0 saturated heterocycles. The van der Waals surface area contributed by atoms with E-state index in [0.29, 0.717) is 5.02 Å². The lowest BCUT2D eigenvalue weighted by molar-refractivity contribution is 0.355. The summed E-state index contributed by atoms with van der Waals surface area (Å²) in [5.41, 5.74) is 0.949. The van der Waals surface area contributed by atoms with Crippen molar-refractivity contribution >= 4 is 11.6 Å². The molecule has 0 aliphatic carbocycles. The van der Waals surface area contributed by atoms with Crippen LogP contribution in [0.1, 0.15) is 5.56 Å². The smallest absolute Gasteiger partial charge is 0.197 e. The molecule has 0 atom stereocenters. The standard InChI is InChI=1S/C7H6ClO/c1-5-2-3-6(8)7(9)4-5/h2-4H,1H3. The molecule has 1 radical (unpaired) electrons. The topological polar surface area (TPSA) is 19.9 Å². The maximum atomic E-state index is 10.7. The Morgan fingerprint density at radius 1 is 1.44 bits per heavy atom. The van der Waals surface area contributed by atoms with Crippen molar-refractivity contribution in [2.24, 2.45) is 0 Å². The van der Waals surface area contributed by atoms with E-state index in [2.05, 4.69) is 0 Å². The van der Waals surface area contributed by atoms with Gasteiger partial charge in [-0.3, -0.25) is 5.11 Å². The molecule has 2 heteroatoms. The van der Waals surface area contributed by atoms with Crippen LogP contribution in [0, 0.1) is 6.92 Å². The van der Waals surface area contributed by atoms with E-state index >= 15 is 0 Å². The Hall–Kier alpha value is -0.690. The van der Waals surface area contributed by atoms with Crippen molar-refractivity contribution in [2.75, 3.05) is 0 Å². The number of benzene rings is 1. The minimum Gasteiger partial charge on any atom is -0.288 e. The molecular formula is C7H6ClO. The third-order valence-corrected chi connectivity index (χ3v) is 1.40. The Balaban J connectivity index is 3.17. The highest BCUT2D eigenvalue weighted by Gasteiger charge is 1.96. The van der Waals surface area contributed by atoms with Gasteiger partial charge < -0.3 is 0 Å². The van der Waals surface area contributed by atoms with Gasteiger partial charge in [0.25, 0.3) is 0 Å². The van der Waals surface area contributed by atoms with Gasteiger partial charge in [0, 0.05) is 0 Å². The molecule has 0 spiro atoms. The van der Waals surface area contributed by atoms with Crippen LogP contribution >= 0.6 is 11.6 Å². The maximum absolute atomic E-state index is 10.7. The first-order valence-corrected chi connectivity index (χ1v) is 3.01. The van der Waals surface area contributed by atoms with E-state index in [1.165, 1.54) is 6.07 Å². The van der Waals surface area contributed by atoms with Crippen molar-refractivity contribution < 1.29 is 5.11 Å². The Morgan fingerprint density at radius 2 is 2.11 bits per heavy atom. The van der Waals surface area contributed by atoms with E-state index in [4.69, 9.17) is 11.6 Å². The fourth-order valence-corrected chi connectivity index (χ4v) is 0.728. The summed E-state index contributed by atoms with van der Waals surface area (Å²) in [5, 5.41) is 11.0. The third-order valence-electron chi connectivity index (χ3n) is 1.09. The van der Waals surface area contributed by atoms with Crippen molar-refractivity contribution in [3.63, 3.8) is 0 Å². The quantitative estimate of drug-likeness (QED) is 0.530. The number of hydrogen-bond donors (Lipinski definition) is 0. The molecule has 1 rings (SSSR count). The van der Waals surface area contributed by atoms with Crippen LogP contribution in [0.4, 0.5) is 0 Å². The van der Waals surface area contributed by atoms with Crippen LogP contribution in [0.2, 0.25) is 5.02 Å². The van der Waals surface area contributed by atoms with Crippen LogP contribution in [-0.4, -0.2) is 0 Å². The molecule has 1 nitrogen and oxygen atoms in total. The summed E-state index contributed by atoms with van der Waals surface area (Å²) in [6.07, 6.45) is 0. The Morgan fingerprint density at radius 3 is 2.56 bits per heavy atom. The summed E-state index contributed by atoms with van der Waals surface area (Å²) in [5.74, 6) is -0.100. The highest BCUT2D eigenvalue weighted by atomic mass is 35.5. The van der Waals surface area contributed by atoms with Crippen LogP contribution in [0.5, 0.6) is 5.75 Å². The van der Waals surface area contributed by atoms with Gasteiger partial charge in [-0.2, -0.15) is 0 Å². The monoisotopic (exact) mass is 141 g/mol. The minimum absolute atomic E-state index is 0.100. The van der Waals surface area contributed by atoms with Gasteiger partial charge in [-0.05, 0) is 24.6 Å². The molecule has 0 unspecified atom stereocenters. The van der Waals surface area contributed by atoms with Crippen molar-refractivity contribution in [1.82, 2.24) is 0 Å². The lowest BCUT2D eigenvalue weighted by Crippen LogP contribution is -1.69. The highest BCUT2D eigenvalue weighted by Crippen LogP contribution is 2.23. The van der Waals surface area contributed by atoms with Crippen molar-refractivity contribution in [3.8, 4) is 5.75 Å². The van der Waals surface area contributed by atoms with Gasteiger partial charge in [-0.1, -0.05) is 17.7 Å². The van der Waals surface area contributed by atoms with E-state index in [1.807, 2.05) is 13.0 Å². The average molecular weight is 142 g/mol. The van der Waals surface area contributed by atoms with Crippen molar-refractivity contribution in [1.29, 1.82) is 0 Å². The summed E-state index contributed by atoms with van der Waals surface area (Å²) < 4.78 is 0. The van der Waals surface area contributed by atoms with Crippen molar-refractivity contribution in [3.05, 3.63) is 28.8 Å². The molecule has 1 aromatic carbocycles. The van der Waals surface area contributed by atoms with Crippen LogP contribution < -0.4 is 0 Å². The van der Waals surface area contributed by atoms with Gasteiger partial charge in [0.2, 0.25) is 0 Å². The predicted octanol–water partition coefficient (Wildman–Crippen LogP) is 2.79. The summed E-state index contributed by atoms with van der Waals surface area (Å²) in [6, 6.07) is 4.94. The molecule has 0 bridgehead atoms. The summed E-state index contributed by atoms with van der Waals surface area (Å²) in [4.78, 5) is 0. The Labute approximate surface area is 58.9 Å². The van der Waals surface area contributed by atoms with Gasteiger partial charge in [0.1, 0.15) is 0 Å². The van der Waals surface area contributed by atoms with Crippen molar-refractivity contribution in [2.45, 2.75) is 6.92 Å². The van der Waals surface area contributed by atoms with Crippen LogP contribution in [0.25, 0.3) is 0 Å². The van der Waals surface area contributed by atoms with Gasteiger partial charge in [-0.15, -0.1) is 0 Å². The van der Waals surface area contributed by atoms with E-state index in [1.54, 1.807) is 6.07 Å². The lowest BCUT2D eigenvalue weighted by Gasteiger charge is -1.92. The fraction of sp³-hybridized carbons (Fsp3) is 0.143. The molecule has 1 aromatic rings.